The number of rotatable bonds is 4. The van der Waals surface area contributed by atoms with E-state index in [4.69, 9.17) is 23.2 Å². The highest BCUT2D eigenvalue weighted by atomic mass is 35.5. The second-order valence-corrected chi connectivity index (χ2v) is 9.01. The van der Waals surface area contributed by atoms with E-state index in [1.165, 1.54) is 0 Å². The second-order valence-electron chi connectivity index (χ2n) is 8.19. The molecule has 0 radical (unpaired) electrons. The average Bonchev–Trinajstić information content (AvgIpc) is 2.76. The van der Waals surface area contributed by atoms with Crippen molar-refractivity contribution in [3.05, 3.63) is 40.0 Å². The molecular formula is C21H24Cl2F3N5O. The molecule has 174 valence electrons. The maximum absolute atomic E-state index is 13.7. The zero-order valence-electron chi connectivity index (χ0n) is 17.2. The highest BCUT2D eigenvalue weighted by molar-refractivity contribution is 6.42. The third-order valence-electron chi connectivity index (χ3n) is 5.96. The summed E-state index contributed by atoms with van der Waals surface area (Å²) in [6.07, 6.45) is -0.904. The summed E-state index contributed by atoms with van der Waals surface area (Å²) in [5.74, 6) is -0.0835. The Morgan fingerprint density at radius 2 is 1.81 bits per heavy atom. The molecule has 2 aliphatic heterocycles. The fourth-order valence-electron chi connectivity index (χ4n) is 4.33. The normalized spacial score (nSPS) is 21.1. The van der Waals surface area contributed by atoms with Crippen LogP contribution in [0.1, 0.15) is 31.2 Å². The molecule has 2 saturated heterocycles. The monoisotopic (exact) mass is 489 g/mol. The van der Waals surface area contributed by atoms with E-state index < -0.39 is 11.7 Å². The molecular weight excluding hydrogens is 466 g/mol. The predicted molar refractivity (Wildman–Crippen MR) is 119 cm³/mol. The van der Waals surface area contributed by atoms with Crippen LogP contribution < -0.4 is 10.2 Å². The number of halogens is 5. The van der Waals surface area contributed by atoms with Crippen molar-refractivity contribution in [2.45, 2.75) is 44.0 Å². The molecule has 1 aromatic carbocycles. The Morgan fingerprint density at radius 3 is 2.47 bits per heavy atom. The Kier molecular flexibility index (Phi) is 7.00. The molecule has 32 heavy (non-hydrogen) atoms. The van der Waals surface area contributed by atoms with Gasteiger partial charge in [0.2, 0.25) is 5.95 Å². The third kappa shape index (κ3) is 5.39. The number of nitrogens with zero attached hydrogens (tertiary/aromatic N) is 4. The van der Waals surface area contributed by atoms with E-state index in [0.717, 1.165) is 25.6 Å². The summed E-state index contributed by atoms with van der Waals surface area (Å²) in [6.45, 7) is 2.44. The molecule has 1 atom stereocenters. The Balaban J connectivity index is 1.52. The number of nitrogens with one attached hydrogen (secondary N) is 1. The first-order chi connectivity index (χ1) is 15.2. The molecule has 0 bridgehead atoms. The number of hydrogen-bond donors (Lipinski definition) is 2. The molecule has 2 N–H and O–H groups in total. The van der Waals surface area contributed by atoms with Crippen LogP contribution in [0.3, 0.4) is 0 Å². The summed E-state index contributed by atoms with van der Waals surface area (Å²) in [6, 6.07) is 5.04. The first kappa shape index (κ1) is 23.4. The maximum atomic E-state index is 13.7. The fraction of sp³-hybridized carbons (Fsp3) is 0.524. The van der Waals surface area contributed by atoms with Crippen molar-refractivity contribution in [1.29, 1.82) is 0 Å². The van der Waals surface area contributed by atoms with Crippen LogP contribution in [0.4, 0.5) is 30.6 Å². The van der Waals surface area contributed by atoms with Crippen LogP contribution in [0, 0.1) is 0 Å². The van der Waals surface area contributed by atoms with Crippen LogP contribution in [0.2, 0.25) is 10.0 Å². The van der Waals surface area contributed by atoms with Crippen molar-refractivity contribution < 1.29 is 18.3 Å². The number of benzene rings is 1. The van der Waals surface area contributed by atoms with Crippen molar-refractivity contribution in [2.75, 3.05) is 36.4 Å². The minimum atomic E-state index is -4.56. The van der Waals surface area contributed by atoms with Gasteiger partial charge in [0.1, 0.15) is 11.4 Å². The van der Waals surface area contributed by atoms with Gasteiger partial charge in [-0.25, -0.2) is 4.98 Å². The number of aliphatic hydroxyl groups is 1. The summed E-state index contributed by atoms with van der Waals surface area (Å²) in [5.41, 5.74) is -0.337. The number of aliphatic hydroxyl groups excluding tert-OH is 1. The quantitative estimate of drug-likeness (QED) is 0.631. The van der Waals surface area contributed by atoms with E-state index in [-0.39, 0.29) is 23.9 Å². The molecule has 0 amide bonds. The zero-order chi connectivity index (χ0) is 22.9. The van der Waals surface area contributed by atoms with E-state index in [2.05, 4.69) is 20.2 Å². The number of alkyl halides is 3. The number of piperidine rings is 2. The lowest BCUT2D eigenvalue weighted by atomic mass is 9.98. The molecule has 0 saturated carbocycles. The molecule has 2 aromatic rings. The highest BCUT2D eigenvalue weighted by Crippen LogP contribution is 2.37. The molecule has 6 nitrogen and oxygen atoms in total. The van der Waals surface area contributed by atoms with Crippen LogP contribution in [0.15, 0.2) is 24.4 Å². The zero-order valence-corrected chi connectivity index (χ0v) is 18.8. The number of β-amino-alcohol motifs (C(OH)–C–C–N with tert-alkyl or cyclic N) is 1. The Hall–Kier alpha value is -1.81. The number of hydrogen-bond acceptors (Lipinski definition) is 6. The number of likely N-dealkylation sites (tertiary alicyclic amines) is 1. The van der Waals surface area contributed by atoms with Gasteiger partial charge in [0, 0.05) is 37.6 Å². The fourth-order valence-corrected chi connectivity index (χ4v) is 4.63. The van der Waals surface area contributed by atoms with Crippen LogP contribution >= 0.6 is 23.2 Å². The van der Waals surface area contributed by atoms with E-state index in [9.17, 15) is 18.3 Å². The number of anilines is 3. The molecule has 4 rings (SSSR count). The first-order valence-corrected chi connectivity index (χ1v) is 11.3. The van der Waals surface area contributed by atoms with Crippen molar-refractivity contribution in [3.63, 3.8) is 0 Å². The topological polar surface area (TPSA) is 64.5 Å². The molecule has 11 heteroatoms. The first-order valence-electron chi connectivity index (χ1n) is 10.5. The van der Waals surface area contributed by atoms with Gasteiger partial charge in [-0.1, -0.05) is 23.2 Å². The SMILES string of the molecule is OC1CCCN(C2CCN(c3nc(Nc4ccc(Cl)c(Cl)c4)ncc3C(F)(F)F)CC2)C1. The third-order valence-corrected chi connectivity index (χ3v) is 6.70. The summed E-state index contributed by atoms with van der Waals surface area (Å²) in [7, 11) is 0. The largest absolute Gasteiger partial charge is 0.421 e. The summed E-state index contributed by atoms with van der Waals surface area (Å²) >= 11 is 11.9. The van der Waals surface area contributed by atoms with Gasteiger partial charge < -0.3 is 15.3 Å². The van der Waals surface area contributed by atoms with Crippen molar-refractivity contribution in [2.24, 2.45) is 0 Å². The molecule has 0 aliphatic carbocycles. The smallest absolute Gasteiger partial charge is 0.392 e. The predicted octanol–water partition coefficient (Wildman–Crippen LogP) is 4.97. The van der Waals surface area contributed by atoms with Gasteiger partial charge in [0.15, 0.2) is 0 Å². The van der Waals surface area contributed by atoms with E-state index in [0.29, 0.717) is 48.2 Å². The van der Waals surface area contributed by atoms with E-state index in [1.807, 2.05) is 0 Å². The molecule has 1 aromatic heterocycles. The van der Waals surface area contributed by atoms with Gasteiger partial charge in [-0.3, -0.25) is 4.90 Å². The highest BCUT2D eigenvalue weighted by Gasteiger charge is 2.38. The van der Waals surface area contributed by atoms with Gasteiger partial charge in [-0.2, -0.15) is 18.2 Å². The number of aromatic nitrogens is 2. The van der Waals surface area contributed by atoms with Gasteiger partial charge in [0.25, 0.3) is 0 Å². The minimum Gasteiger partial charge on any atom is -0.392 e. The van der Waals surface area contributed by atoms with E-state index in [1.54, 1.807) is 23.1 Å². The lowest BCUT2D eigenvalue weighted by Gasteiger charge is -2.42. The van der Waals surface area contributed by atoms with Crippen molar-refractivity contribution >= 4 is 40.7 Å². The van der Waals surface area contributed by atoms with Crippen LogP contribution in [0.25, 0.3) is 0 Å². The second kappa shape index (κ2) is 9.59. The lowest BCUT2D eigenvalue weighted by Crippen LogP contribution is -2.50. The standard InChI is InChI=1S/C21H24Cl2F3N5O/c22-17-4-3-13(10-18(17)23)28-20-27-11-16(21(24,25)26)19(29-20)30-8-5-14(6-9-30)31-7-1-2-15(32)12-31/h3-4,10-11,14-15,32H,1-2,5-9,12H2,(H,27,28,29). The summed E-state index contributed by atoms with van der Waals surface area (Å²) in [5, 5.41) is 13.5. The molecule has 1 unspecified atom stereocenters. The minimum absolute atomic E-state index is 0.0488. The Labute approximate surface area is 194 Å². The van der Waals surface area contributed by atoms with Gasteiger partial charge >= 0.3 is 6.18 Å². The van der Waals surface area contributed by atoms with Crippen LogP contribution in [-0.2, 0) is 6.18 Å². The lowest BCUT2D eigenvalue weighted by molar-refractivity contribution is -0.137. The van der Waals surface area contributed by atoms with Crippen molar-refractivity contribution in [3.8, 4) is 0 Å². The van der Waals surface area contributed by atoms with Crippen LogP contribution in [0.5, 0.6) is 0 Å². The molecule has 2 fully saturated rings. The van der Waals surface area contributed by atoms with Crippen molar-refractivity contribution in [1.82, 2.24) is 14.9 Å². The summed E-state index contributed by atoms with van der Waals surface area (Å²) < 4.78 is 41.0. The Bertz CT molecular complexity index is 954. The maximum Gasteiger partial charge on any atom is 0.421 e. The summed E-state index contributed by atoms with van der Waals surface area (Å²) in [4.78, 5) is 12.0. The van der Waals surface area contributed by atoms with Gasteiger partial charge in [-0.15, -0.1) is 0 Å². The van der Waals surface area contributed by atoms with Crippen LogP contribution in [-0.4, -0.2) is 58.3 Å². The van der Waals surface area contributed by atoms with Gasteiger partial charge in [-0.05, 0) is 50.4 Å². The molecule has 3 heterocycles. The van der Waals surface area contributed by atoms with E-state index >= 15 is 0 Å². The Morgan fingerprint density at radius 1 is 1.06 bits per heavy atom. The average molecular weight is 490 g/mol. The van der Waals surface area contributed by atoms with Gasteiger partial charge in [0.05, 0.1) is 16.1 Å². The molecule has 2 aliphatic rings. The molecule has 0 spiro atoms.